The van der Waals surface area contributed by atoms with E-state index in [0.717, 1.165) is 45.2 Å². The zero-order valence-electron chi connectivity index (χ0n) is 27.1. The molecule has 238 valence electrons. The molecule has 0 spiro atoms. The minimum absolute atomic E-state index is 0.0670. The maximum absolute atomic E-state index is 13.6. The Bertz CT molecular complexity index is 1050. The number of likely N-dealkylation sites (tertiary alicyclic amines) is 1. The number of rotatable bonds is 12. The van der Waals surface area contributed by atoms with Gasteiger partial charge in [0.2, 0.25) is 0 Å². The molecule has 0 radical (unpaired) electrons. The maximum atomic E-state index is 13.6. The van der Waals surface area contributed by atoms with E-state index in [1.165, 1.54) is 30.5 Å². The third-order valence-electron chi connectivity index (χ3n) is 7.72. The second-order valence-corrected chi connectivity index (χ2v) is 15.1. The van der Waals surface area contributed by atoms with Crippen LogP contribution in [0.15, 0.2) is 92.2 Å². The molecule has 1 heterocycles. The molecule has 0 N–H and O–H groups in total. The van der Waals surface area contributed by atoms with Crippen LogP contribution in [0.5, 0.6) is 0 Å². The van der Waals surface area contributed by atoms with Gasteiger partial charge in [0.25, 0.3) is 5.66 Å². The first-order chi connectivity index (χ1) is 20.0. The fourth-order valence-corrected chi connectivity index (χ4v) is 7.98. The van der Waals surface area contributed by atoms with Crippen molar-refractivity contribution in [1.82, 2.24) is 4.90 Å². The fourth-order valence-electron chi connectivity index (χ4n) is 5.01. The number of halogens is 2. The van der Waals surface area contributed by atoms with Gasteiger partial charge < -0.3 is 4.90 Å². The summed E-state index contributed by atoms with van der Waals surface area (Å²) in [7, 11) is 0.226. The first kappa shape index (κ1) is 40.1. The zero-order chi connectivity index (χ0) is 32.2. The highest BCUT2D eigenvalue weighted by atomic mass is 32.2. The third kappa shape index (κ3) is 14.0. The van der Waals surface area contributed by atoms with Gasteiger partial charge >= 0.3 is 0 Å². The smallest absolute Gasteiger partial charge is 0.280 e. The van der Waals surface area contributed by atoms with Gasteiger partial charge in [-0.2, -0.15) is 8.78 Å². The predicted molar refractivity (Wildman–Crippen MR) is 197 cm³/mol. The van der Waals surface area contributed by atoms with Gasteiger partial charge in [-0.05, 0) is 36.5 Å². The molecule has 0 aromatic heterocycles. The number of alkyl halides is 2. The van der Waals surface area contributed by atoms with Crippen LogP contribution >= 0.6 is 18.4 Å². The minimum Gasteiger partial charge on any atom is -0.371 e. The van der Waals surface area contributed by atoms with Crippen molar-refractivity contribution in [2.45, 2.75) is 108 Å². The van der Waals surface area contributed by atoms with Crippen molar-refractivity contribution in [2.24, 2.45) is 0 Å². The quantitative estimate of drug-likeness (QED) is 0.128. The Hall–Kier alpha value is -1.90. The average Bonchev–Trinajstić information content (AvgIpc) is 3.37. The van der Waals surface area contributed by atoms with Crippen LogP contribution < -0.4 is 0 Å². The summed E-state index contributed by atoms with van der Waals surface area (Å²) in [4.78, 5) is 2.31. The summed E-state index contributed by atoms with van der Waals surface area (Å²) in [6.45, 7) is 24.6. The third-order valence-corrected chi connectivity index (χ3v) is 11.4. The summed E-state index contributed by atoms with van der Waals surface area (Å²) in [5, 5.41) is 0.534. The van der Waals surface area contributed by atoms with Crippen molar-refractivity contribution in [3.8, 4) is 0 Å². The molecule has 42 heavy (non-hydrogen) atoms. The lowest BCUT2D eigenvalue weighted by Gasteiger charge is -2.34. The highest BCUT2D eigenvalue weighted by Crippen LogP contribution is 2.46. The lowest BCUT2D eigenvalue weighted by molar-refractivity contribution is 0.142. The first-order valence-corrected chi connectivity index (χ1v) is 18.2. The molecule has 4 atom stereocenters. The van der Waals surface area contributed by atoms with Crippen molar-refractivity contribution in [3.05, 3.63) is 97.8 Å². The van der Waals surface area contributed by atoms with Gasteiger partial charge in [-0.15, -0.1) is 19.7 Å². The van der Waals surface area contributed by atoms with E-state index >= 15 is 0 Å². The molecule has 0 bridgehead atoms. The summed E-state index contributed by atoms with van der Waals surface area (Å²) in [5.74, 6) is 9.46. The van der Waals surface area contributed by atoms with E-state index in [9.17, 15) is 8.78 Å². The number of benzene rings is 1. The van der Waals surface area contributed by atoms with Crippen LogP contribution in [0.3, 0.4) is 0 Å². The molecule has 1 aromatic rings. The van der Waals surface area contributed by atoms with Gasteiger partial charge in [-0.1, -0.05) is 142 Å². The Kier molecular flexibility index (Phi) is 20.8. The van der Waals surface area contributed by atoms with Gasteiger partial charge in [-0.3, -0.25) is 0 Å². The van der Waals surface area contributed by atoms with Gasteiger partial charge in [0.05, 0.1) is 0 Å². The molecule has 4 unspecified atom stereocenters. The number of hydrogen-bond acceptors (Lipinski definition) is 1. The van der Waals surface area contributed by atoms with E-state index in [-0.39, 0.29) is 10.8 Å². The highest BCUT2D eigenvalue weighted by Gasteiger charge is 2.32. The lowest BCUT2D eigenvalue weighted by Crippen LogP contribution is -2.22. The number of nitrogens with zero attached hydrogens (tertiary/aromatic N) is 1. The molecule has 0 amide bonds. The van der Waals surface area contributed by atoms with Gasteiger partial charge in [-0.25, -0.2) is 9.21 Å². The van der Waals surface area contributed by atoms with Crippen LogP contribution in [-0.4, -0.2) is 45.9 Å². The number of unbranched alkanes of at least 4 members (excludes halogenated alkanes) is 2. The molecule has 0 saturated carbocycles. The Morgan fingerprint density at radius 3 is 2.12 bits per heavy atom. The summed E-state index contributed by atoms with van der Waals surface area (Å²) in [5.41, 5.74) is 0.0336. The van der Waals surface area contributed by atoms with Crippen LogP contribution in [0.4, 0.5) is 8.78 Å². The Labute approximate surface area is 261 Å². The van der Waals surface area contributed by atoms with E-state index in [1.807, 2.05) is 12.2 Å². The number of allylic oxidation sites excluding steroid dienone is 4. The second kappa shape index (κ2) is 21.7. The number of hydrogen-bond donors (Lipinski definition) is 0. The van der Waals surface area contributed by atoms with Crippen LogP contribution in [0.2, 0.25) is 0 Å². The molecule has 2 aliphatic rings. The topological polar surface area (TPSA) is 3.24 Å². The van der Waals surface area contributed by atoms with E-state index in [2.05, 4.69) is 101 Å². The fraction of sp³-hybridized carbons (Fsp3) is 0.514. The maximum Gasteiger partial charge on any atom is 0.280 e. The van der Waals surface area contributed by atoms with E-state index in [4.69, 9.17) is 0 Å². The molecule has 1 saturated heterocycles. The van der Waals surface area contributed by atoms with Crippen LogP contribution in [0, 0.1) is 0 Å². The summed E-state index contributed by atoms with van der Waals surface area (Å²) >= 11 is 0. The Balaban J connectivity index is 0.000000696. The Morgan fingerprint density at radius 2 is 1.62 bits per heavy atom. The molecule has 1 aliphatic carbocycles. The molecular weight excluding hydrogens is 559 g/mol. The molecule has 1 nitrogen and oxygen atoms in total. The van der Waals surface area contributed by atoms with Crippen LogP contribution in [0.25, 0.3) is 0 Å². The molecule has 3 rings (SSSR count). The molecule has 1 aliphatic heterocycles. The van der Waals surface area contributed by atoms with Crippen LogP contribution in [-0.2, 0) is 0 Å². The van der Waals surface area contributed by atoms with Gasteiger partial charge in [0.1, 0.15) is 0 Å². The van der Waals surface area contributed by atoms with Gasteiger partial charge in [0, 0.05) is 35.5 Å². The largest absolute Gasteiger partial charge is 0.371 e. The van der Waals surface area contributed by atoms with Crippen LogP contribution in [0.1, 0.15) is 97.0 Å². The van der Waals surface area contributed by atoms with Crippen molar-refractivity contribution in [3.63, 3.8) is 0 Å². The highest BCUT2D eigenvalue weighted by molar-refractivity contribution is 8.28. The van der Waals surface area contributed by atoms with E-state index in [1.54, 1.807) is 21.4 Å². The summed E-state index contributed by atoms with van der Waals surface area (Å²) in [6.07, 6.45) is 17.1. The van der Waals surface area contributed by atoms with Crippen molar-refractivity contribution < 1.29 is 8.78 Å². The SMILES string of the molecule is C=C.C=CCN1CC(c2ccccc2)CC1=C.C=S(=C)(C1C=CC=C(C(F)(F)P)C1)C(CCC)CCCC.CCCC. The van der Waals surface area contributed by atoms with Gasteiger partial charge in [0.15, 0.2) is 0 Å². The standard InChI is InChI=1S/C17H29F2PS.C14H17N.C4H10.C2H4/c1-5-7-11-15(9-6-2)21(3,4)16-12-8-10-14(13-16)17(18,19)20;1-3-9-15-11-14(10-12(15)2)13-7-5-4-6-8-13;1-3-4-2;1-2/h8,10,12,15-16H,3-7,9,11,13,20H2,1-2H3;3-8,14H,1-2,9-11H2;3-4H2,1-2H3;1-2H2. The van der Waals surface area contributed by atoms with Crippen molar-refractivity contribution >= 4 is 30.2 Å². The first-order valence-electron chi connectivity index (χ1n) is 15.6. The summed E-state index contributed by atoms with van der Waals surface area (Å²) in [6, 6.07) is 10.7. The average molecular weight is 620 g/mol. The van der Waals surface area contributed by atoms with E-state index in [0.29, 0.717) is 17.6 Å². The van der Waals surface area contributed by atoms with Crippen molar-refractivity contribution in [1.29, 1.82) is 0 Å². The zero-order valence-corrected chi connectivity index (χ0v) is 29.1. The van der Waals surface area contributed by atoms with E-state index < -0.39 is 14.9 Å². The minimum atomic E-state index is -2.82. The molecule has 1 fully saturated rings. The van der Waals surface area contributed by atoms with Crippen molar-refractivity contribution in [2.75, 3.05) is 13.1 Å². The normalized spacial score (nSPS) is 18.8. The monoisotopic (exact) mass is 619 g/mol. The molecular formula is C37H60F2NPS. The predicted octanol–water partition coefficient (Wildman–Crippen LogP) is 11.5. The Morgan fingerprint density at radius 1 is 1.00 bits per heavy atom. The second-order valence-electron chi connectivity index (χ2n) is 11.1. The summed E-state index contributed by atoms with van der Waals surface area (Å²) < 4.78 is 27.1. The lowest BCUT2D eigenvalue weighted by atomic mass is 9.98. The molecule has 1 aromatic carbocycles. The molecule has 5 heteroatoms.